The monoisotopic (exact) mass is 393 g/mol. The van der Waals surface area contributed by atoms with Crippen molar-refractivity contribution in [3.8, 4) is 0 Å². The van der Waals surface area contributed by atoms with Gasteiger partial charge in [0.15, 0.2) is 5.82 Å². The number of nitrogens with zero attached hydrogens (tertiary/aromatic N) is 4. The third-order valence-corrected chi connectivity index (χ3v) is 5.29. The molecule has 9 heteroatoms. The minimum Gasteiger partial charge on any atom is -0.258 e. The lowest BCUT2D eigenvalue weighted by Gasteiger charge is -2.20. The van der Waals surface area contributed by atoms with Crippen LogP contribution in [0.3, 0.4) is 0 Å². The average molecular weight is 394 g/mol. The number of aryl methyl sites for hydroxylation is 1. The van der Waals surface area contributed by atoms with Gasteiger partial charge in [-0.3, -0.25) is 15.2 Å². The summed E-state index contributed by atoms with van der Waals surface area (Å²) < 4.78 is 1.99. The fourth-order valence-electron chi connectivity index (χ4n) is 3.29. The highest BCUT2D eigenvalue weighted by molar-refractivity contribution is 7.71. The van der Waals surface area contributed by atoms with Crippen molar-refractivity contribution in [3.05, 3.63) is 49.5 Å². The zero-order valence-corrected chi connectivity index (χ0v) is 15.8. The standard InChI is InChI=1S/C17H20ClN5O2S/c18-14-8-6-13(10-15(14)23(24)25)11-19-22-16(20-21-17(22)26)9-7-12-4-2-1-3-5-12/h6,8,10-12H,1-5,7,9H2,(H,21,26)/b19-11-. The van der Waals surface area contributed by atoms with Gasteiger partial charge in [-0.2, -0.15) is 14.9 Å². The van der Waals surface area contributed by atoms with Crippen LogP contribution in [0.2, 0.25) is 5.02 Å². The Morgan fingerprint density at radius 1 is 1.42 bits per heavy atom. The number of aromatic nitrogens is 3. The van der Waals surface area contributed by atoms with Gasteiger partial charge in [-0.15, -0.1) is 0 Å². The highest BCUT2D eigenvalue weighted by Crippen LogP contribution is 2.27. The molecular formula is C17H20ClN5O2S. The van der Waals surface area contributed by atoms with Crippen molar-refractivity contribution in [2.24, 2.45) is 11.0 Å². The predicted octanol–water partition coefficient (Wildman–Crippen LogP) is 4.90. The van der Waals surface area contributed by atoms with Crippen molar-refractivity contribution in [3.63, 3.8) is 0 Å². The molecule has 1 fully saturated rings. The molecule has 1 aromatic carbocycles. The minimum absolute atomic E-state index is 0.0974. The summed E-state index contributed by atoms with van der Waals surface area (Å²) >= 11 is 11.1. The second kappa shape index (κ2) is 8.55. The summed E-state index contributed by atoms with van der Waals surface area (Å²) in [6, 6.07) is 4.54. The predicted molar refractivity (Wildman–Crippen MR) is 103 cm³/mol. The van der Waals surface area contributed by atoms with Crippen LogP contribution in [0.5, 0.6) is 0 Å². The molecule has 0 atom stereocenters. The molecule has 1 aliphatic rings. The second-order valence-electron chi connectivity index (χ2n) is 6.51. The van der Waals surface area contributed by atoms with Crippen molar-refractivity contribution in [1.82, 2.24) is 14.9 Å². The van der Waals surface area contributed by atoms with Crippen LogP contribution in [0.15, 0.2) is 23.3 Å². The van der Waals surface area contributed by atoms with E-state index in [1.54, 1.807) is 10.7 Å². The number of halogens is 1. The quantitative estimate of drug-likeness (QED) is 0.327. The topological polar surface area (TPSA) is 89.1 Å². The van der Waals surface area contributed by atoms with E-state index in [0.29, 0.717) is 10.3 Å². The van der Waals surface area contributed by atoms with Crippen molar-refractivity contribution < 1.29 is 4.92 Å². The molecule has 2 aromatic rings. The first kappa shape index (κ1) is 18.7. The molecule has 0 saturated heterocycles. The van der Waals surface area contributed by atoms with E-state index in [-0.39, 0.29) is 10.7 Å². The van der Waals surface area contributed by atoms with Crippen LogP contribution in [0.4, 0.5) is 5.69 Å². The van der Waals surface area contributed by atoms with Gasteiger partial charge in [0.2, 0.25) is 4.77 Å². The number of hydrogen-bond donors (Lipinski definition) is 1. The molecule has 26 heavy (non-hydrogen) atoms. The highest BCUT2D eigenvalue weighted by atomic mass is 35.5. The lowest BCUT2D eigenvalue weighted by Crippen LogP contribution is -2.09. The second-order valence-corrected chi connectivity index (χ2v) is 7.31. The maximum absolute atomic E-state index is 11.0. The summed E-state index contributed by atoms with van der Waals surface area (Å²) in [4.78, 5) is 10.5. The molecule has 1 aromatic heterocycles. The van der Waals surface area contributed by atoms with Crippen LogP contribution >= 0.6 is 23.8 Å². The Labute approximate surface area is 161 Å². The van der Waals surface area contributed by atoms with Crippen LogP contribution in [0.25, 0.3) is 0 Å². The van der Waals surface area contributed by atoms with E-state index < -0.39 is 4.92 Å². The zero-order chi connectivity index (χ0) is 18.5. The molecule has 0 radical (unpaired) electrons. The van der Waals surface area contributed by atoms with E-state index in [0.717, 1.165) is 24.6 Å². The molecule has 0 spiro atoms. The normalized spacial score (nSPS) is 15.6. The lowest BCUT2D eigenvalue weighted by molar-refractivity contribution is -0.384. The maximum atomic E-state index is 11.0. The third-order valence-electron chi connectivity index (χ3n) is 4.71. The SMILES string of the molecule is O=[N+]([O-])c1cc(/C=N\n2c(CCC3CCCCC3)n[nH]c2=S)ccc1Cl. The van der Waals surface area contributed by atoms with E-state index in [1.165, 1.54) is 50.5 Å². The van der Waals surface area contributed by atoms with Gasteiger partial charge in [-0.25, -0.2) is 0 Å². The number of nitro benzene ring substituents is 1. The van der Waals surface area contributed by atoms with Crippen LogP contribution < -0.4 is 0 Å². The fraction of sp³-hybridized carbons (Fsp3) is 0.471. The smallest absolute Gasteiger partial charge is 0.258 e. The van der Waals surface area contributed by atoms with E-state index in [1.807, 2.05) is 0 Å². The summed E-state index contributed by atoms with van der Waals surface area (Å²) in [5, 5.41) is 22.5. The van der Waals surface area contributed by atoms with E-state index in [4.69, 9.17) is 23.8 Å². The molecule has 0 bridgehead atoms. The Morgan fingerprint density at radius 3 is 2.92 bits per heavy atom. The van der Waals surface area contributed by atoms with Crippen LogP contribution in [0, 0.1) is 20.8 Å². The van der Waals surface area contributed by atoms with Crippen molar-refractivity contribution >= 4 is 35.7 Å². The first-order valence-corrected chi connectivity index (χ1v) is 9.48. The summed E-state index contributed by atoms with van der Waals surface area (Å²) in [5.74, 6) is 1.52. The van der Waals surface area contributed by atoms with Gasteiger partial charge in [0.25, 0.3) is 5.69 Å². The molecule has 138 valence electrons. The number of aromatic amines is 1. The molecule has 0 aliphatic heterocycles. The summed E-state index contributed by atoms with van der Waals surface area (Å²) in [6.45, 7) is 0. The largest absolute Gasteiger partial charge is 0.288 e. The highest BCUT2D eigenvalue weighted by Gasteiger charge is 2.15. The van der Waals surface area contributed by atoms with Crippen LogP contribution in [-0.2, 0) is 6.42 Å². The number of nitro groups is 1. The Bertz CT molecular complexity index is 870. The number of hydrogen-bond acceptors (Lipinski definition) is 5. The fourth-order valence-corrected chi connectivity index (χ4v) is 3.67. The zero-order valence-electron chi connectivity index (χ0n) is 14.2. The molecule has 0 amide bonds. The molecule has 1 N–H and O–H groups in total. The number of nitrogens with one attached hydrogen (secondary N) is 1. The average Bonchev–Trinajstić information content (AvgIpc) is 2.99. The van der Waals surface area contributed by atoms with Gasteiger partial charge in [0.1, 0.15) is 5.02 Å². The van der Waals surface area contributed by atoms with Crippen molar-refractivity contribution in [1.29, 1.82) is 0 Å². The van der Waals surface area contributed by atoms with Gasteiger partial charge in [0, 0.05) is 18.1 Å². The van der Waals surface area contributed by atoms with E-state index in [2.05, 4.69) is 15.3 Å². The summed E-state index contributed by atoms with van der Waals surface area (Å²) in [6.07, 6.45) is 9.92. The van der Waals surface area contributed by atoms with Gasteiger partial charge in [-0.05, 0) is 30.6 Å². The van der Waals surface area contributed by atoms with Crippen LogP contribution in [0.1, 0.15) is 49.9 Å². The maximum Gasteiger partial charge on any atom is 0.288 e. The molecule has 1 aliphatic carbocycles. The van der Waals surface area contributed by atoms with Crippen molar-refractivity contribution in [2.75, 3.05) is 0 Å². The third kappa shape index (κ3) is 4.56. The van der Waals surface area contributed by atoms with Gasteiger partial charge in [-0.1, -0.05) is 49.8 Å². The van der Waals surface area contributed by atoms with Gasteiger partial charge >= 0.3 is 0 Å². The molecule has 7 nitrogen and oxygen atoms in total. The molecule has 1 saturated carbocycles. The Morgan fingerprint density at radius 2 is 2.19 bits per heavy atom. The molecular weight excluding hydrogens is 374 g/mol. The lowest BCUT2D eigenvalue weighted by atomic mass is 9.86. The Hall–Kier alpha value is -2.06. The Balaban J connectivity index is 1.74. The van der Waals surface area contributed by atoms with E-state index in [9.17, 15) is 10.1 Å². The van der Waals surface area contributed by atoms with E-state index >= 15 is 0 Å². The minimum atomic E-state index is -0.515. The number of rotatable bonds is 6. The number of benzene rings is 1. The Kier molecular flexibility index (Phi) is 6.16. The first-order valence-electron chi connectivity index (χ1n) is 8.69. The summed E-state index contributed by atoms with van der Waals surface area (Å²) in [7, 11) is 0. The first-order chi connectivity index (χ1) is 12.5. The van der Waals surface area contributed by atoms with Gasteiger partial charge in [0.05, 0.1) is 11.1 Å². The molecule has 3 rings (SSSR count). The van der Waals surface area contributed by atoms with Crippen molar-refractivity contribution in [2.45, 2.75) is 44.9 Å². The van der Waals surface area contributed by atoms with Crippen LogP contribution in [-0.4, -0.2) is 26.0 Å². The summed E-state index contributed by atoms with van der Waals surface area (Å²) in [5.41, 5.74) is 0.423. The van der Waals surface area contributed by atoms with Gasteiger partial charge < -0.3 is 0 Å². The molecule has 1 heterocycles. The molecule has 0 unspecified atom stereocenters. The number of H-pyrrole nitrogens is 1.